The molecule has 0 spiro atoms. The average Bonchev–Trinajstić information content (AvgIpc) is 3.33. The first-order valence-corrected chi connectivity index (χ1v) is 10.1. The van der Waals surface area contributed by atoms with Crippen molar-refractivity contribution in [2.75, 3.05) is 7.11 Å². The third-order valence-electron chi connectivity index (χ3n) is 4.75. The fourth-order valence-electron chi connectivity index (χ4n) is 3.29. The lowest BCUT2D eigenvalue weighted by Gasteiger charge is -2.05. The van der Waals surface area contributed by atoms with E-state index in [4.69, 9.17) is 14.6 Å². The molecule has 0 bridgehead atoms. The van der Waals surface area contributed by atoms with E-state index in [9.17, 15) is 0 Å². The molecule has 3 aromatic carbocycles. The first-order chi connectivity index (χ1) is 14.3. The van der Waals surface area contributed by atoms with E-state index in [2.05, 4.69) is 52.7 Å². The van der Waals surface area contributed by atoms with Gasteiger partial charge in [-0.2, -0.15) is 9.61 Å². The Morgan fingerprint density at radius 1 is 0.897 bits per heavy atom. The number of methoxy groups -OCH3 is 1. The summed E-state index contributed by atoms with van der Waals surface area (Å²) in [6, 6.07) is 22.2. The summed E-state index contributed by atoms with van der Waals surface area (Å²) in [5.41, 5.74) is 1.25. The normalized spacial score (nSPS) is 11.2. The summed E-state index contributed by atoms with van der Waals surface area (Å²) in [5, 5.41) is 16.7. The molecular formula is C22H18N4O2S. The molecule has 144 valence electrons. The minimum Gasteiger partial charge on any atom is -0.497 e. The molecule has 0 saturated carbocycles. The summed E-state index contributed by atoms with van der Waals surface area (Å²) in [6.07, 6.45) is 0.758. The second-order valence-electron chi connectivity index (χ2n) is 6.59. The molecule has 2 heterocycles. The molecule has 0 atom stereocenters. The highest BCUT2D eigenvalue weighted by molar-refractivity contribution is 7.16. The van der Waals surface area contributed by atoms with Gasteiger partial charge in [0.05, 0.1) is 7.11 Å². The van der Waals surface area contributed by atoms with Crippen LogP contribution in [0.3, 0.4) is 0 Å². The van der Waals surface area contributed by atoms with Crippen LogP contribution >= 0.6 is 11.3 Å². The molecule has 7 heteroatoms. The Balaban J connectivity index is 1.36. The third-order valence-corrected chi connectivity index (χ3v) is 5.65. The predicted molar refractivity (Wildman–Crippen MR) is 113 cm³/mol. The van der Waals surface area contributed by atoms with Crippen molar-refractivity contribution in [1.29, 1.82) is 0 Å². The SMILES string of the molecule is COc1ccc(OCc2nnc3sc(Cc4cccc5ccccc45)nn23)cc1. The van der Waals surface area contributed by atoms with E-state index in [1.807, 2.05) is 24.3 Å². The number of hydrogen-bond acceptors (Lipinski definition) is 6. The number of hydrogen-bond donors (Lipinski definition) is 0. The minimum atomic E-state index is 0.297. The van der Waals surface area contributed by atoms with Crippen molar-refractivity contribution in [3.05, 3.63) is 83.1 Å². The topological polar surface area (TPSA) is 61.5 Å². The first-order valence-electron chi connectivity index (χ1n) is 9.23. The molecule has 5 rings (SSSR count). The first kappa shape index (κ1) is 17.6. The molecule has 0 aliphatic heterocycles. The van der Waals surface area contributed by atoms with Crippen LogP contribution in [0.2, 0.25) is 0 Å². The van der Waals surface area contributed by atoms with E-state index in [0.717, 1.165) is 27.9 Å². The van der Waals surface area contributed by atoms with Gasteiger partial charge in [0.2, 0.25) is 4.96 Å². The quantitative estimate of drug-likeness (QED) is 0.418. The molecule has 6 nitrogen and oxygen atoms in total. The second kappa shape index (κ2) is 7.52. The van der Waals surface area contributed by atoms with Crippen LogP contribution in [0.5, 0.6) is 11.5 Å². The van der Waals surface area contributed by atoms with Gasteiger partial charge in [0.15, 0.2) is 5.82 Å². The molecule has 0 fully saturated rings. The smallest absolute Gasteiger partial charge is 0.234 e. The average molecular weight is 402 g/mol. The summed E-state index contributed by atoms with van der Waals surface area (Å²) in [7, 11) is 1.64. The molecule has 0 radical (unpaired) electrons. The summed E-state index contributed by atoms with van der Waals surface area (Å²) in [5.74, 6) is 2.21. The summed E-state index contributed by atoms with van der Waals surface area (Å²) >= 11 is 1.55. The molecule has 0 aliphatic rings. The fourth-order valence-corrected chi connectivity index (χ4v) is 4.16. The number of benzene rings is 3. The lowest BCUT2D eigenvalue weighted by Crippen LogP contribution is -2.03. The Bertz CT molecular complexity index is 1270. The largest absolute Gasteiger partial charge is 0.497 e. The lowest BCUT2D eigenvalue weighted by molar-refractivity contribution is 0.292. The van der Waals surface area contributed by atoms with Gasteiger partial charge in [-0.15, -0.1) is 10.2 Å². The molecule has 0 saturated heterocycles. The van der Waals surface area contributed by atoms with E-state index >= 15 is 0 Å². The lowest BCUT2D eigenvalue weighted by atomic mass is 10.0. The van der Waals surface area contributed by atoms with Gasteiger partial charge in [-0.05, 0) is 40.6 Å². The van der Waals surface area contributed by atoms with E-state index in [0.29, 0.717) is 12.4 Å². The number of fused-ring (bicyclic) bond motifs is 2. The molecular weight excluding hydrogens is 384 g/mol. The Hall–Kier alpha value is -3.45. The zero-order valence-electron chi connectivity index (χ0n) is 15.8. The van der Waals surface area contributed by atoms with E-state index in [-0.39, 0.29) is 0 Å². The molecule has 29 heavy (non-hydrogen) atoms. The maximum Gasteiger partial charge on any atom is 0.234 e. The highest BCUT2D eigenvalue weighted by Crippen LogP contribution is 2.24. The molecule has 2 aromatic heterocycles. The van der Waals surface area contributed by atoms with Crippen LogP contribution in [0.4, 0.5) is 0 Å². The maximum absolute atomic E-state index is 5.83. The van der Waals surface area contributed by atoms with Crippen molar-refractivity contribution in [1.82, 2.24) is 19.8 Å². The summed E-state index contributed by atoms with van der Waals surface area (Å²) < 4.78 is 12.8. The van der Waals surface area contributed by atoms with Gasteiger partial charge in [0.25, 0.3) is 0 Å². The van der Waals surface area contributed by atoms with Crippen molar-refractivity contribution < 1.29 is 9.47 Å². The van der Waals surface area contributed by atoms with E-state index in [1.54, 1.807) is 23.0 Å². The number of aromatic nitrogens is 4. The third kappa shape index (κ3) is 3.52. The predicted octanol–water partition coefficient (Wildman–Crippen LogP) is 4.52. The number of nitrogens with zero attached hydrogens (tertiary/aromatic N) is 4. The van der Waals surface area contributed by atoms with Gasteiger partial charge >= 0.3 is 0 Å². The number of rotatable bonds is 6. The van der Waals surface area contributed by atoms with Crippen molar-refractivity contribution in [3.8, 4) is 11.5 Å². The molecule has 0 unspecified atom stereocenters. The summed E-state index contributed by atoms with van der Waals surface area (Å²) in [6.45, 7) is 0.297. The van der Waals surface area contributed by atoms with Crippen molar-refractivity contribution >= 4 is 27.1 Å². The van der Waals surface area contributed by atoms with Gasteiger partial charge in [-0.1, -0.05) is 53.8 Å². The Morgan fingerprint density at radius 2 is 1.69 bits per heavy atom. The molecule has 5 aromatic rings. The Kier molecular flexibility index (Phi) is 4.57. The second-order valence-corrected chi connectivity index (χ2v) is 7.63. The van der Waals surface area contributed by atoms with Gasteiger partial charge in [0.1, 0.15) is 23.1 Å². The highest BCUT2D eigenvalue weighted by atomic mass is 32.1. The van der Waals surface area contributed by atoms with E-state index in [1.165, 1.54) is 16.3 Å². The van der Waals surface area contributed by atoms with Crippen LogP contribution in [-0.2, 0) is 13.0 Å². The van der Waals surface area contributed by atoms with Crippen LogP contribution in [0.1, 0.15) is 16.4 Å². The van der Waals surface area contributed by atoms with Crippen LogP contribution < -0.4 is 9.47 Å². The van der Waals surface area contributed by atoms with Crippen molar-refractivity contribution in [2.45, 2.75) is 13.0 Å². The van der Waals surface area contributed by atoms with Gasteiger partial charge in [0, 0.05) is 6.42 Å². The monoisotopic (exact) mass is 402 g/mol. The summed E-state index contributed by atoms with van der Waals surface area (Å²) in [4.78, 5) is 0.772. The zero-order chi connectivity index (χ0) is 19.6. The van der Waals surface area contributed by atoms with Crippen LogP contribution in [0.15, 0.2) is 66.7 Å². The highest BCUT2D eigenvalue weighted by Gasteiger charge is 2.13. The molecule has 0 amide bonds. The molecule has 0 N–H and O–H groups in total. The van der Waals surface area contributed by atoms with Gasteiger partial charge < -0.3 is 9.47 Å². The minimum absolute atomic E-state index is 0.297. The van der Waals surface area contributed by atoms with Gasteiger partial charge in [-0.25, -0.2) is 0 Å². The Morgan fingerprint density at radius 3 is 2.55 bits per heavy atom. The van der Waals surface area contributed by atoms with E-state index < -0.39 is 0 Å². The Labute approximate surface area is 171 Å². The van der Waals surface area contributed by atoms with Gasteiger partial charge in [-0.3, -0.25) is 0 Å². The van der Waals surface area contributed by atoms with Crippen molar-refractivity contribution in [2.24, 2.45) is 0 Å². The van der Waals surface area contributed by atoms with Crippen LogP contribution in [-0.4, -0.2) is 26.9 Å². The zero-order valence-corrected chi connectivity index (χ0v) is 16.6. The number of ether oxygens (including phenoxy) is 2. The standard InChI is InChI=1S/C22H18N4O2S/c1-27-17-9-11-18(12-10-17)28-14-20-23-24-22-26(20)25-21(29-22)13-16-7-4-6-15-5-2-3-8-19(15)16/h2-12H,13-14H2,1H3. The molecule has 0 aliphatic carbocycles. The maximum atomic E-state index is 5.83. The fraction of sp³-hybridized carbons (Fsp3) is 0.136. The van der Waals surface area contributed by atoms with Crippen molar-refractivity contribution in [3.63, 3.8) is 0 Å². The van der Waals surface area contributed by atoms with Crippen LogP contribution in [0, 0.1) is 0 Å². The van der Waals surface area contributed by atoms with Crippen LogP contribution in [0.25, 0.3) is 15.7 Å².